The molecule has 0 saturated heterocycles. The predicted molar refractivity (Wildman–Crippen MR) is 61.0 cm³/mol. The molecule has 9 heteroatoms. The molecule has 6 nitrogen and oxygen atoms in total. The fourth-order valence-electron chi connectivity index (χ4n) is 1.23. The van der Waals surface area contributed by atoms with E-state index in [0.29, 0.717) is 0 Å². The Labute approximate surface area is 111 Å². The third-order valence-corrected chi connectivity index (χ3v) is 2.06. The highest BCUT2D eigenvalue weighted by atomic mass is 19.4. The van der Waals surface area contributed by atoms with Crippen molar-refractivity contribution in [1.29, 1.82) is 0 Å². The number of carbonyl (C=O) groups excluding carboxylic acids is 1. The van der Waals surface area contributed by atoms with E-state index in [-0.39, 0.29) is 17.0 Å². The van der Waals surface area contributed by atoms with Gasteiger partial charge < -0.3 is 14.6 Å². The van der Waals surface area contributed by atoms with E-state index >= 15 is 0 Å². The van der Waals surface area contributed by atoms with Crippen molar-refractivity contribution in [2.75, 3.05) is 19.0 Å². The van der Waals surface area contributed by atoms with Crippen LogP contribution in [0.2, 0.25) is 0 Å². The lowest BCUT2D eigenvalue weighted by atomic mass is 10.1. The van der Waals surface area contributed by atoms with Crippen molar-refractivity contribution in [3.63, 3.8) is 0 Å². The summed E-state index contributed by atoms with van der Waals surface area (Å²) >= 11 is 0. The van der Waals surface area contributed by atoms with E-state index in [2.05, 4.69) is 4.74 Å². The molecule has 0 aliphatic carbocycles. The summed E-state index contributed by atoms with van der Waals surface area (Å²) in [6.07, 6.45) is -6.08. The van der Waals surface area contributed by atoms with Crippen LogP contribution in [0, 0.1) is 0 Å². The fraction of sp³-hybridized carbons (Fsp3) is 0.273. The van der Waals surface area contributed by atoms with Gasteiger partial charge >= 0.3 is 18.2 Å². The van der Waals surface area contributed by atoms with Crippen LogP contribution in [0.3, 0.4) is 0 Å². The molecule has 0 atom stereocenters. The third-order valence-electron chi connectivity index (χ3n) is 2.06. The molecule has 0 heterocycles. The lowest BCUT2D eigenvalue weighted by Crippen LogP contribution is -2.24. The highest BCUT2D eigenvalue weighted by molar-refractivity contribution is 5.99. The van der Waals surface area contributed by atoms with Gasteiger partial charge in [-0.3, -0.25) is 5.32 Å². The standard InChI is InChI=1S/C11H10F3NO5/c1-19-6-2-3-7(9(16)17)8(4-6)15-10(18)20-5-11(12,13)14/h2-4H,5H2,1H3,(H,15,18)(H,16,17). The van der Waals surface area contributed by atoms with Gasteiger partial charge in [0.1, 0.15) is 5.75 Å². The molecule has 1 rings (SSSR count). The fourth-order valence-corrected chi connectivity index (χ4v) is 1.23. The number of hydrogen-bond donors (Lipinski definition) is 2. The number of aromatic carboxylic acids is 1. The highest BCUT2D eigenvalue weighted by Crippen LogP contribution is 2.23. The van der Waals surface area contributed by atoms with E-state index in [1.807, 2.05) is 5.32 Å². The lowest BCUT2D eigenvalue weighted by Gasteiger charge is -2.11. The van der Waals surface area contributed by atoms with E-state index in [1.165, 1.54) is 13.2 Å². The summed E-state index contributed by atoms with van der Waals surface area (Å²) in [5.74, 6) is -1.14. The van der Waals surface area contributed by atoms with Crippen molar-refractivity contribution in [2.45, 2.75) is 6.18 Å². The molecule has 0 aliphatic rings. The maximum absolute atomic E-state index is 11.9. The third kappa shape index (κ3) is 4.67. The molecule has 1 amide bonds. The molecule has 0 saturated carbocycles. The van der Waals surface area contributed by atoms with Crippen molar-refractivity contribution < 1.29 is 37.3 Å². The average molecular weight is 293 g/mol. The number of nitrogens with one attached hydrogen (secondary N) is 1. The number of methoxy groups -OCH3 is 1. The Morgan fingerprint density at radius 3 is 2.50 bits per heavy atom. The monoisotopic (exact) mass is 293 g/mol. The number of amides is 1. The summed E-state index contributed by atoms with van der Waals surface area (Å²) in [5, 5.41) is 10.8. The van der Waals surface area contributed by atoms with Crippen LogP contribution in [0.4, 0.5) is 23.7 Å². The molecule has 2 N–H and O–H groups in total. The topological polar surface area (TPSA) is 84.9 Å². The van der Waals surface area contributed by atoms with E-state index in [9.17, 15) is 22.8 Å². The first-order chi connectivity index (χ1) is 9.23. The van der Waals surface area contributed by atoms with Crippen LogP contribution in [0.1, 0.15) is 10.4 Å². The van der Waals surface area contributed by atoms with E-state index < -0.39 is 24.8 Å². The van der Waals surface area contributed by atoms with Gasteiger partial charge in [0.05, 0.1) is 18.4 Å². The van der Waals surface area contributed by atoms with Crippen LogP contribution in [0.25, 0.3) is 0 Å². The number of rotatable bonds is 4. The number of carboxylic acids is 1. The zero-order valence-electron chi connectivity index (χ0n) is 10.2. The smallest absolute Gasteiger partial charge is 0.422 e. The Morgan fingerprint density at radius 2 is 2.00 bits per heavy atom. The van der Waals surface area contributed by atoms with Crippen LogP contribution in [-0.4, -0.2) is 37.1 Å². The number of halogens is 3. The Hall–Kier alpha value is -2.45. The molecule has 1 aromatic carbocycles. The number of ether oxygens (including phenoxy) is 2. The molecule has 0 fully saturated rings. The highest BCUT2D eigenvalue weighted by Gasteiger charge is 2.29. The average Bonchev–Trinajstić information content (AvgIpc) is 2.35. The minimum atomic E-state index is -4.67. The maximum Gasteiger partial charge on any atom is 0.422 e. The molecule has 0 radical (unpaired) electrons. The number of hydrogen-bond acceptors (Lipinski definition) is 4. The zero-order chi connectivity index (χ0) is 15.3. The SMILES string of the molecule is COc1ccc(C(=O)O)c(NC(=O)OCC(F)(F)F)c1. The number of carboxylic acid groups (broad SMARTS) is 1. The summed E-state index contributed by atoms with van der Waals surface area (Å²) in [4.78, 5) is 22.1. The molecule has 110 valence electrons. The largest absolute Gasteiger partial charge is 0.497 e. The quantitative estimate of drug-likeness (QED) is 0.891. The minimum Gasteiger partial charge on any atom is -0.497 e. The van der Waals surface area contributed by atoms with E-state index in [4.69, 9.17) is 9.84 Å². The second-order valence-electron chi connectivity index (χ2n) is 3.53. The van der Waals surface area contributed by atoms with Gasteiger partial charge in [-0.2, -0.15) is 13.2 Å². The Morgan fingerprint density at radius 1 is 1.35 bits per heavy atom. The number of carbonyl (C=O) groups is 2. The van der Waals surface area contributed by atoms with Crippen molar-refractivity contribution in [1.82, 2.24) is 0 Å². The van der Waals surface area contributed by atoms with Crippen molar-refractivity contribution in [3.8, 4) is 5.75 Å². The Balaban J connectivity index is 2.84. The molecule has 0 aromatic heterocycles. The summed E-state index contributed by atoms with van der Waals surface area (Å²) in [6.45, 7) is -1.77. The molecular weight excluding hydrogens is 283 g/mol. The molecule has 0 bridgehead atoms. The predicted octanol–water partition coefficient (Wildman–Crippen LogP) is 2.50. The van der Waals surface area contributed by atoms with Gasteiger partial charge in [-0.1, -0.05) is 0 Å². The van der Waals surface area contributed by atoms with Gasteiger partial charge in [-0.25, -0.2) is 9.59 Å². The van der Waals surface area contributed by atoms with Gasteiger partial charge in [0, 0.05) is 6.07 Å². The second kappa shape index (κ2) is 6.13. The first-order valence-corrected chi connectivity index (χ1v) is 5.15. The van der Waals surface area contributed by atoms with Crippen LogP contribution in [-0.2, 0) is 4.74 Å². The first-order valence-electron chi connectivity index (χ1n) is 5.15. The molecule has 20 heavy (non-hydrogen) atoms. The van der Waals surface area contributed by atoms with Crippen molar-refractivity contribution >= 4 is 17.7 Å². The summed E-state index contributed by atoms with van der Waals surface area (Å²) in [7, 11) is 1.31. The Bertz CT molecular complexity index is 515. The maximum atomic E-state index is 11.9. The Kier molecular flexibility index (Phi) is 4.78. The van der Waals surface area contributed by atoms with Gasteiger partial charge in [0.15, 0.2) is 6.61 Å². The first kappa shape index (κ1) is 15.6. The van der Waals surface area contributed by atoms with Crippen LogP contribution in [0.15, 0.2) is 18.2 Å². The van der Waals surface area contributed by atoms with Gasteiger partial charge in [-0.15, -0.1) is 0 Å². The number of benzene rings is 1. The summed E-state index contributed by atoms with van der Waals surface area (Å²) < 4.78 is 44.3. The van der Waals surface area contributed by atoms with Crippen LogP contribution >= 0.6 is 0 Å². The second-order valence-corrected chi connectivity index (χ2v) is 3.53. The molecule has 0 aliphatic heterocycles. The van der Waals surface area contributed by atoms with E-state index in [0.717, 1.165) is 12.1 Å². The van der Waals surface area contributed by atoms with Crippen LogP contribution < -0.4 is 10.1 Å². The number of alkyl halides is 3. The molecular formula is C11H10F3NO5. The summed E-state index contributed by atoms with van der Waals surface area (Å²) in [5.41, 5.74) is -0.543. The minimum absolute atomic E-state index is 0.223. The molecule has 1 aromatic rings. The van der Waals surface area contributed by atoms with E-state index in [1.54, 1.807) is 0 Å². The number of anilines is 1. The van der Waals surface area contributed by atoms with Crippen molar-refractivity contribution in [2.24, 2.45) is 0 Å². The lowest BCUT2D eigenvalue weighted by molar-refractivity contribution is -0.159. The van der Waals surface area contributed by atoms with Crippen LogP contribution in [0.5, 0.6) is 5.75 Å². The van der Waals surface area contributed by atoms with Gasteiger partial charge in [-0.05, 0) is 12.1 Å². The molecule has 0 spiro atoms. The zero-order valence-corrected chi connectivity index (χ0v) is 10.2. The normalized spacial score (nSPS) is 10.8. The molecule has 0 unspecified atom stereocenters. The van der Waals surface area contributed by atoms with Gasteiger partial charge in [0.25, 0.3) is 0 Å². The van der Waals surface area contributed by atoms with Gasteiger partial charge in [0.2, 0.25) is 0 Å². The summed E-state index contributed by atoms with van der Waals surface area (Å²) in [6, 6.07) is 3.62. The van der Waals surface area contributed by atoms with Crippen molar-refractivity contribution in [3.05, 3.63) is 23.8 Å².